The summed E-state index contributed by atoms with van der Waals surface area (Å²) in [5, 5.41) is 3.23. The molecular weight excluding hydrogens is 489 g/mol. The summed E-state index contributed by atoms with van der Waals surface area (Å²) in [4.78, 5) is 26.9. The second kappa shape index (κ2) is 10.5. The lowest BCUT2D eigenvalue weighted by molar-refractivity contribution is 0.0206. The molecule has 9 nitrogen and oxygen atoms in total. The zero-order valence-corrected chi connectivity index (χ0v) is 20.6. The quantitative estimate of drug-likeness (QED) is 0.354. The number of nitrogen functional groups attached to an aromatic ring is 1. The van der Waals surface area contributed by atoms with Crippen LogP contribution < -0.4 is 15.8 Å². The van der Waals surface area contributed by atoms with Crippen LogP contribution in [0.2, 0.25) is 0 Å². The summed E-state index contributed by atoms with van der Waals surface area (Å²) in [6.07, 6.45) is 4.08. The number of carbonyl (C=O) groups excluding carboxylic acids is 1. The first-order chi connectivity index (χ1) is 17.5. The third kappa shape index (κ3) is 6.19. The minimum absolute atomic E-state index is 0.115. The van der Waals surface area contributed by atoms with Crippen molar-refractivity contribution in [3.05, 3.63) is 54.1 Å². The summed E-state index contributed by atoms with van der Waals surface area (Å²) in [5.41, 5.74) is 4.38. The van der Waals surface area contributed by atoms with Crippen molar-refractivity contribution in [2.45, 2.75) is 45.3 Å². The predicted molar refractivity (Wildman–Crippen MR) is 131 cm³/mol. The van der Waals surface area contributed by atoms with E-state index in [1.165, 1.54) is 12.4 Å². The Kier molecular flexibility index (Phi) is 7.37. The van der Waals surface area contributed by atoms with Crippen LogP contribution in [0, 0.1) is 17.5 Å². The largest absolute Gasteiger partial charge is 0.444 e. The number of ether oxygens (including phenoxy) is 2. The molecule has 3 heterocycles. The van der Waals surface area contributed by atoms with Crippen molar-refractivity contribution in [3.8, 4) is 22.9 Å². The summed E-state index contributed by atoms with van der Waals surface area (Å²) < 4.78 is 53.0. The third-order valence-corrected chi connectivity index (χ3v) is 5.48. The number of nitrogens with two attached hydrogens (primary N) is 1. The molecule has 4 rings (SSSR count). The fourth-order valence-corrected chi connectivity index (χ4v) is 3.78. The normalized spacial score (nSPS) is 15.8. The number of hydrogen-bond acceptors (Lipinski definition) is 8. The van der Waals surface area contributed by atoms with Gasteiger partial charge in [-0.25, -0.2) is 28.5 Å². The van der Waals surface area contributed by atoms with E-state index in [0.717, 1.165) is 12.8 Å². The topological polar surface area (TPSA) is 115 Å². The van der Waals surface area contributed by atoms with Gasteiger partial charge in [-0.15, -0.1) is 0 Å². The van der Waals surface area contributed by atoms with Gasteiger partial charge in [-0.1, -0.05) is 0 Å². The maximum atomic E-state index is 14.3. The highest BCUT2D eigenvalue weighted by atomic mass is 19.2. The number of halogens is 3. The van der Waals surface area contributed by atoms with Crippen molar-refractivity contribution in [3.63, 3.8) is 0 Å². The Morgan fingerprint density at radius 3 is 2.70 bits per heavy atom. The number of hydrogen-bond donors (Lipinski definition) is 2. The summed E-state index contributed by atoms with van der Waals surface area (Å²) in [6, 6.07) is 5.34. The van der Waals surface area contributed by atoms with Crippen LogP contribution in [0.25, 0.3) is 11.3 Å². The Labute approximate surface area is 211 Å². The van der Waals surface area contributed by atoms with Crippen molar-refractivity contribution in [2.75, 3.05) is 24.1 Å². The highest BCUT2D eigenvalue weighted by Gasteiger charge is 2.28. The lowest BCUT2D eigenvalue weighted by Gasteiger charge is -2.34. The molecule has 1 aromatic carbocycles. The fraction of sp³-hybridized carbons (Fsp3) is 0.360. The minimum atomic E-state index is -1.55. The van der Waals surface area contributed by atoms with Gasteiger partial charge in [0.15, 0.2) is 17.4 Å². The number of amides is 1. The average Bonchev–Trinajstić information content (AvgIpc) is 2.85. The van der Waals surface area contributed by atoms with E-state index in [1.807, 2.05) is 20.8 Å². The number of benzene rings is 1. The van der Waals surface area contributed by atoms with Gasteiger partial charge in [0.05, 0.1) is 11.3 Å². The van der Waals surface area contributed by atoms with Crippen LogP contribution in [-0.4, -0.2) is 50.7 Å². The molecule has 0 saturated carbocycles. The molecule has 3 N–H and O–H groups in total. The molecule has 0 aliphatic carbocycles. The number of anilines is 2. The van der Waals surface area contributed by atoms with Crippen LogP contribution in [0.4, 0.5) is 29.6 Å². The molecule has 1 atom stereocenters. The van der Waals surface area contributed by atoms with E-state index in [1.54, 1.807) is 23.1 Å². The smallest absolute Gasteiger partial charge is 0.410 e. The Morgan fingerprint density at radius 1 is 1.16 bits per heavy atom. The molecule has 12 heteroatoms. The van der Waals surface area contributed by atoms with Gasteiger partial charge in [0.1, 0.15) is 11.3 Å². The lowest BCUT2D eigenvalue weighted by Crippen LogP contribution is -2.47. The highest BCUT2D eigenvalue weighted by Crippen LogP contribution is 2.34. The maximum absolute atomic E-state index is 14.3. The Morgan fingerprint density at radius 2 is 1.95 bits per heavy atom. The average molecular weight is 517 g/mol. The number of carbonyl (C=O) groups is 1. The van der Waals surface area contributed by atoms with Crippen molar-refractivity contribution in [2.24, 2.45) is 0 Å². The lowest BCUT2D eigenvalue weighted by atomic mass is 10.1. The van der Waals surface area contributed by atoms with Gasteiger partial charge < -0.3 is 25.4 Å². The number of rotatable bonds is 5. The molecule has 1 saturated heterocycles. The molecular formula is C25H27F3N6O3. The molecule has 3 aromatic rings. The van der Waals surface area contributed by atoms with Gasteiger partial charge in [0.2, 0.25) is 17.6 Å². The standard InChI is InChI=1S/C25H27F3N6O3/c1-25(2,3)37-24(35)34-11-5-6-14(13-34)32-23-31-10-8-17(33-23)15-7-4-9-30-22(15)36-18-12-16(26)21(29)20(28)19(18)27/h4,7-10,12,14H,5-6,11,13,29H2,1-3H3,(H,31,32,33)/t14-/m0/s1. The SMILES string of the molecule is CC(C)(C)OC(=O)N1CCC[C@H](Nc2nccc(-c3cccnc3Oc3cc(F)c(N)c(F)c3F)n2)C1. The van der Waals surface area contributed by atoms with E-state index in [0.29, 0.717) is 36.4 Å². The zero-order valence-electron chi connectivity index (χ0n) is 20.6. The second-order valence-corrected chi connectivity index (χ2v) is 9.53. The molecule has 1 aliphatic rings. The highest BCUT2D eigenvalue weighted by molar-refractivity contribution is 5.68. The fourth-order valence-electron chi connectivity index (χ4n) is 3.78. The van der Waals surface area contributed by atoms with E-state index in [-0.39, 0.29) is 18.0 Å². The van der Waals surface area contributed by atoms with Crippen LogP contribution >= 0.6 is 0 Å². The number of pyridine rings is 1. The van der Waals surface area contributed by atoms with Crippen LogP contribution in [0.3, 0.4) is 0 Å². The molecule has 2 aromatic heterocycles. The third-order valence-electron chi connectivity index (χ3n) is 5.48. The number of nitrogens with one attached hydrogen (secondary N) is 1. The summed E-state index contributed by atoms with van der Waals surface area (Å²) in [7, 11) is 0. The van der Waals surface area contributed by atoms with Crippen molar-refractivity contribution in [1.82, 2.24) is 19.9 Å². The summed E-state index contributed by atoms with van der Waals surface area (Å²) in [5.74, 6) is -4.68. The van der Waals surface area contributed by atoms with Crippen LogP contribution in [0.15, 0.2) is 36.7 Å². The van der Waals surface area contributed by atoms with Gasteiger partial charge in [-0.2, -0.15) is 4.39 Å². The Balaban J connectivity index is 1.53. The van der Waals surface area contributed by atoms with Gasteiger partial charge in [0, 0.05) is 37.6 Å². The van der Waals surface area contributed by atoms with Crippen LogP contribution in [0.1, 0.15) is 33.6 Å². The first-order valence-corrected chi connectivity index (χ1v) is 11.7. The van der Waals surface area contributed by atoms with E-state index < -0.39 is 34.5 Å². The Hall–Kier alpha value is -4.09. The van der Waals surface area contributed by atoms with E-state index in [9.17, 15) is 18.0 Å². The molecule has 1 aliphatic heterocycles. The summed E-state index contributed by atoms with van der Waals surface area (Å²) >= 11 is 0. The van der Waals surface area contributed by atoms with Gasteiger partial charge in [-0.3, -0.25) is 0 Å². The van der Waals surface area contributed by atoms with E-state index in [4.69, 9.17) is 15.2 Å². The van der Waals surface area contributed by atoms with Crippen molar-refractivity contribution in [1.29, 1.82) is 0 Å². The number of nitrogens with zero attached hydrogens (tertiary/aromatic N) is 4. The molecule has 0 spiro atoms. The van der Waals surface area contributed by atoms with Gasteiger partial charge >= 0.3 is 6.09 Å². The minimum Gasteiger partial charge on any atom is -0.444 e. The van der Waals surface area contributed by atoms with E-state index >= 15 is 0 Å². The number of piperidine rings is 1. The molecule has 0 unspecified atom stereocenters. The Bertz CT molecular complexity index is 1300. The molecule has 37 heavy (non-hydrogen) atoms. The number of aromatic nitrogens is 3. The predicted octanol–water partition coefficient (Wildman–Crippen LogP) is 5.14. The van der Waals surface area contributed by atoms with Crippen molar-refractivity contribution >= 4 is 17.7 Å². The summed E-state index contributed by atoms with van der Waals surface area (Å²) in [6.45, 7) is 6.45. The second-order valence-electron chi connectivity index (χ2n) is 9.53. The molecule has 0 radical (unpaired) electrons. The van der Waals surface area contributed by atoms with Crippen LogP contribution in [-0.2, 0) is 4.74 Å². The molecule has 1 amide bonds. The number of likely N-dealkylation sites (tertiary alicyclic amines) is 1. The molecule has 196 valence electrons. The monoisotopic (exact) mass is 516 g/mol. The van der Waals surface area contributed by atoms with Gasteiger partial charge in [-0.05, 0) is 51.8 Å². The first kappa shape index (κ1) is 26.0. The zero-order chi connectivity index (χ0) is 26.7. The molecule has 0 bridgehead atoms. The maximum Gasteiger partial charge on any atom is 0.410 e. The van der Waals surface area contributed by atoms with Crippen LogP contribution in [0.5, 0.6) is 11.6 Å². The van der Waals surface area contributed by atoms with Crippen molar-refractivity contribution < 1.29 is 27.4 Å². The van der Waals surface area contributed by atoms with E-state index in [2.05, 4.69) is 20.3 Å². The first-order valence-electron chi connectivity index (χ1n) is 11.7. The molecule has 1 fully saturated rings. The van der Waals surface area contributed by atoms with Gasteiger partial charge in [0.25, 0.3) is 0 Å².